The molecule has 262 valence electrons. The second kappa shape index (κ2) is 13.2. The summed E-state index contributed by atoms with van der Waals surface area (Å²) in [6.07, 6.45) is 0. The first-order valence-electron chi connectivity index (χ1n) is 19.2. The summed E-state index contributed by atoms with van der Waals surface area (Å²) in [7, 11) is 0. The summed E-state index contributed by atoms with van der Waals surface area (Å²) in [4.78, 5) is 2.31. The number of fused-ring (bicyclic) bond motifs is 8. The van der Waals surface area contributed by atoms with Crippen LogP contribution in [0.25, 0.3) is 87.6 Å². The second-order valence-electron chi connectivity index (χ2n) is 14.5. The van der Waals surface area contributed by atoms with Gasteiger partial charge in [-0.25, -0.2) is 0 Å². The molecule has 11 aromatic rings. The van der Waals surface area contributed by atoms with Crippen molar-refractivity contribution in [3.8, 4) is 33.4 Å². The van der Waals surface area contributed by atoms with Crippen molar-refractivity contribution in [1.29, 1.82) is 0 Å². The molecular weight excluding hydrogens is 679 g/mol. The number of para-hydroxylation sites is 1. The minimum absolute atomic E-state index is 0.874. The first kappa shape index (κ1) is 32.0. The average Bonchev–Trinajstić information content (AvgIpc) is 3.66. The fraction of sp³-hybridized carbons (Fsp3) is 0. The van der Waals surface area contributed by atoms with Crippen molar-refractivity contribution < 1.29 is 4.42 Å². The molecule has 1 aromatic heterocycles. The van der Waals surface area contributed by atoms with E-state index < -0.39 is 0 Å². The average molecular weight is 714 g/mol. The van der Waals surface area contributed by atoms with Gasteiger partial charge in [-0.1, -0.05) is 158 Å². The predicted octanol–water partition coefficient (Wildman–Crippen LogP) is 15.5. The van der Waals surface area contributed by atoms with Crippen LogP contribution in [0.15, 0.2) is 217 Å². The minimum Gasteiger partial charge on any atom is -0.455 e. The van der Waals surface area contributed by atoms with Crippen LogP contribution in [0.3, 0.4) is 0 Å². The van der Waals surface area contributed by atoms with Gasteiger partial charge in [-0.05, 0) is 109 Å². The van der Waals surface area contributed by atoms with Gasteiger partial charge in [0, 0.05) is 39.3 Å². The number of hydrogen-bond donors (Lipinski definition) is 0. The predicted molar refractivity (Wildman–Crippen MR) is 237 cm³/mol. The van der Waals surface area contributed by atoms with Gasteiger partial charge in [0.1, 0.15) is 11.2 Å². The molecule has 0 saturated carbocycles. The van der Waals surface area contributed by atoms with Gasteiger partial charge in [0.05, 0.1) is 0 Å². The Morgan fingerprint density at radius 1 is 0.286 bits per heavy atom. The van der Waals surface area contributed by atoms with Gasteiger partial charge < -0.3 is 9.32 Å². The smallest absolute Gasteiger partial charge is 0.143 e. The summed E-state index contributed by atoms with van der Waals surface area (Å²) in [5, 5.41) is 9.58. The van der Waals surface area contributed by atoms with Gasteiger partial charge >= 0.3 is 0 Å². The van der Waals surface area contributed by atoms with Crippen LogP contribution in [0.5, 0.6) is 0 Å². The molecule has 0 aliphatic carbocycles. The summed E-state index contributed by atoms with van der Waals surface area (Å²) < 4.78 is 6.62. The van der Waals surface area contributed by atoms with E-state index in [-0.39, 0.29) is 0 Å². The van der Waals surface area contributed by atoms with E-state index in [4.69, 9.17) is 4.42 Å². The van der Waals surface area contributed by atoms with Gasteiger partial charge in [0.25, 0.3) is 0 Å². The number of rotatable bonds is 6. The molecule has 0 N–H and O–H groups in total. The Balaban J connectivity index is 1.05. The molecule has 0 aliphatic heterocycles. The van der Waals surface area contributed by atoms with Crippen molar-refractivity contribution in [2.75, 3.05) is 4.90 Å². The highest BCUT2D eigenvalue weighted by atomic mass is 16.3. The second-order valence-corrected chi connectivity index (χ2v) is 14.5. The topological polar surface area (TPSA) is 16.4 Å². The molecule has 0 bridgehead atoms. The van der Waals surface area contributed by atoms with Crippen LogP contribution in [0.4, 0.5) is 17.1 Å². The number of hydrogen-bond acceptors (Lipinski definition) is 2. The standard InChI is InChI=1S/C54H35NO/c1-4-15-38(16-5-1)52-48-23-13-12-22-45(48)46-31-27-40(34-50(46)53(52)39-17-6-2-7-18-39)36-24-28-42(29-25-36)55(41-19-8-3-9-20-41)43-30-33-47-49-32-26-37-14-10-11-21-44(37)54(49)56-51(47)35-43/h1-35H. The Bertz CT molecular complexity index is 3220. The monoisotopic (exact) mass is 713 g/mol. The van der Waals surface area contributed by atoms with Crippen LogP contribution in [-0.4, -0.2) is 0 Å². The van der Waals surface area contributed by atoms with Crippen LogP contribution in [0, 0.1) is 0 Å². The van der Waals surface area contributed by atoms with Gasteiger partial charge in [-0.3, -0.25) is 0 Å². The molecule has 0 aliphatic rings. The van der Waals surface area contributed by atoms with Gasteiger partial charge in [0.2, 0.25) is 0 Å². The fourth-order valence-electron chi connectivity index (χ4n) is 8.64. The maximum absolute atomic E-state index is 6.62. The molecule has 1 heterocycles. The van der Waals surface area contributed by atoms with Crippen molar-refractivity contribution in [2.24, 2.45) is 0 Å². The Labute approximate surface area is 325 Å². The highest BCUT2D eigenvalue weighted by Crippen LogP contribution is 2.46. The summed E-state index contributed by atoms with van der Waals surface area (Å²) in [6.45, 7) is 0. The lowest BCUT2D eigenvalue weighted by Gasteiger charge is -2.25. The third-order valence-electron chi connectivity index (χ3n) is 11.2. The van der Waals surface area contributed by atoms with Crippen LogP contribution in [0.1, 0.15) is 0 Å². The maximum atomic E-state index is 6.62. The molecular formula is C54H35NO. The van der Waals surface area contributed by atoms with Crippen molar-refractivity contribution in [3.05, 3.63) is 212 Å². The molecule has 10 aromatic carbocycles. The zero-order valence-electron chi connectivity index (χ0n) is 30.6. The third-order valence-corrected chi connectivity index (χ3v) is 11.2. The van der Waals surface area contributed by atoms with E-state index in [1.807, 2.05) is 0 Å². The van der Waals surface area contributed by atoms with Crippen molar-refractivity contribution in [2.45, 2.75) is 0 Å². The maximum Gasteiger partial charge on any atom is 0.143 e. The zero-order chi connectivity index (χ0) is 37.0. The highest BCUT2D eigenvalue weighted by molar-refractivity contribution is 6.22. The molecule has 0 unspecified atom stereocenters. The Morgan fingerprint density at radius 3 is 1.54 bits per heavy atom. The molecule has 0 radical (unpaired) electrons. The van der Waals surface area contributed by atoms with E-state index in [0.717, 1.165) is 50.0 Å². The van der Waals surface area contributed by atoms with E-state index in [9.17, 15) is 0 Å². The van der Waals surface area contributed by atoms with Crippen LogP contribution >= 0.6 is 0 Å². The molecule has 0 spiro atoms. The Hall–Kier alpha value is -7.42. The summed E-state index contributed by atoms with van der Waals surface area (Å²) >= 11 is 0. The van der Waals surface area contributed by atoms with Crippen LogP contribution in [-0.2, 0) is 0 Å². The number of anilines is 3. The van der Waals surface area contributed by atoms with Crippen molar-refractivity contribution >= 4 is 71.3 Å². The molecule has 0 amide bonds. The lowest BCUT2D eigenvalue weighted by molar-refractivity contribution is 0.672. The van der Waals surface area contributed by atoms with Gasteiger partial charge in [-0.2, -0.15) is 0 Å². The quantitative estimate of drug-likeness (QED) is 0.160. The zero-order valence-corrected chi connectivity index (χ0v) is 30.6. The molecule has 0 atom stereocenters. The van der Waals surface area contributed by atoms with Crippen LogP contribution < -0.4 is 4.90 Å². The van der Waals surface area contributed by atoms with Gasteiger partial charge in [-0.15, -0.1) is 0 Å². The normalized spacial score (nSPS) is 11.6. The minimum atomic E-state index is 0.874. The molecule has 2 heteroatoms. The van der Waals surface area contributed by atoms with Gasteiger partial charge in [0.15, 0.2) is 0 Å². The van der Waals surface area contributed by atoms with Crippen molar-refractivity contribution in [1.82, 2.24) is 0 Å². The van der Waals surface area contributed by atoms with Crippen molar-refractivity contribution in [3.63, 3.8) is 0 Å². The number of furan rings is 1. The van der Waals surface area contributed by atoms with E-state index >= 15 is 0 Å². The number of benzene rings is 10. The first-order chi connectivity index (χ1) is 27.8. The Kier molecular flexibility index (Phi) is 7.53. The summed E-state index contributed by atoms with van der Waals surface area (Å²) in [5.41, 5.74) is 12.3. The fourth-order valence-corrected chi connectivity index (χ4v) is 8.64. The lowest BCUT2D eigenvalue weighted by Crippen LogP contribution is -2.09. The van der Waals surface area contributed by atoms with Crippen LogP contribution in [0.2, 0.25) is 0 Å². The number of nitrogens with zero attached hydrogens (tertiary/aromatic N) is 1. The molecule has 0 saturated heterocycles. The molecule has 56 heavy (non-hydrogen) atoms. The summed E-state index contributed by atoms with van der Waals surface area (Å²) in [6, 6.07) is 76.4. The largest absolute Gasteiger partial charge is 0.455 e. The van der Waals surface area contributed by atoms with E-state index in [0.29, 0.717) is 0 Å². The highest BCUT2D eigenvalue weighted by Gasteiger charge is 2.19. The molecule has 2 nitrogen and oxygen atoms in total. The summed E-state index contributed by atoms with van der Waals surface area (Å²) in [5.74, 6) is 0. The molecule has 0 fully saturated rings. The lowest BCUT2D eigenvalue weighted by atomic mass is 9.84. The molecule has 11 rings (SSSR count). The SMILES string of the molecule is c1ccc(-c2c(-c3ccccc3)c3cc(-c4ccc(N(c5ccccc5)c5ccc6c(c5)oc5c7ccccc7ccc65)cc4)ccc3c3ccccc23)cc1. The Morgan fingerprint density at radius 2 is 0.804 bits per heavy atom. The third kappa shape index (κ3) is 5.26. The first-order valence-corrected chi connectivity index (χ1v) is 19.2. The van der Waals surface area contributed by atoms with E-state index in [1.165, 1.54) is 54.7 Å². The van der Waals surface area contributed by atoms with E-state index in [2.05, 4.69) is 217 Å². The van der Waals surface area contributed by atoms with E-state index in [1.54, 1.807) is 0 Å².